The third kappa shape index (κ3) is 5.12. The number of anilines is 1. The van der Waals surface area contributed by atoms with E-state index in [0.29, 0.717) is 34.7 Å². The van der Waals surface area contributed by atoms with Crippen LogP contribution in [0.1, 0.15) is 42.6 Å². The van der Waals surface area contributed by atoms with Crippen molar-refractivity contribution in [2.75, 3.05) is 18.1 Å². The number of rotatable bonds is 8. The molecule has 0 saturated heterocycles. The second kappa shape index (κ2) is 9.80. The summed E-state index contributed by atoms with van der Waals surface area (Å²) in [7, 11) is -4.18. The predicted octanol–water partition coefficient (Wildman–Crippen LogP) is 2.75. The molecule has 2 aromatic rings. The van der Waals surface area contributed by atoms with E-state index in [1.54, 1.807) is 30.0 Å². The highest BCUT2D eigenvalue weighted by atomic mass is 35.5. The highest BCUT2D eigenvalue weighted by molar-refractivity contribution is 7.90. The highest BCUT2D eigenvalue weighted by Crippen LogP contribution is 2.36. The van der Waals surface area contributed by atoms with Crippen LogP contribution in [-0.4, -0.2) is 39.9 Å². The molecule has 1 atom stereocenters. The van der Waals surface area contributed by atoms with Crippen LogP contribution in [0.15, 0.2) is 47.4 Å². The molecule has 1 unspecified atom stereocenters. The zero-order chi connectivity index (χ0) is 24.2. The van der Waals surface area contributed by atoms with E-state index in [-0.39, 0.29) is 17.5 Å². The number of fused-ring (bicyclic) bond motifs is 1. The number of hydrogen-bond acceptors (Lipinski definition) is 6. The van der Waals surface area contributed by atoms with Crippen molar-refractivity contribution in [3.63, 3.8) is 0 Å². The maximum absolute atomic E-state index is 12.8. The Hall–Kier alpha value is -3.11. The SMILES string of the molecule is CCCCNC(=O)NS(=O)(=O)c1cccc(C(C)(C=O)N2CNC(=O)c3cc(Cl)ccc32)c1. The Morgan fingerprint density at radius 2 is 2.03 bits per heavy atom. The van der Waals surface area contributed by atoms with Crippen molar-refractivity contribution < 1.29 is 22.8 Å². The molecule has 0 fully saturated rings. The minimum absolute atomic E-state index is 0.0256. The van der Waals surface area contributed by atoms with Crippen molar-refractivity contribution in [3.05, 3.63) is 58.6 Å². The lowest BCUT2D eigenvalue weighted by Crippen LogP contribution is -2.54. The zero-order valence-electron chi connectivity index (χ0n) is 18.2. The summed E-state index contributed by atoms with van der Waals surface area (Å²) in [5, 5.41) is 5.57. The lowest BCUT2D eigenvalue weighted by atomic mass is 9.90. The molecule has 0 saturated carbocycles. The third-order valence-corrected chi connectivity index (χ3v) is 7.02. The molecule has 9 nitrogen and oxygen atoms in total. The molecule has 2 aromatic carbocycles. The van der Waals surface area contributed by atoms with Gasteiger partial charge in [-0.2, -0.15) is 0 Å². The summed E-state index contributed by atoms with van der Waals surface area (Å²) < 4.78 is 27.5. The molecular formula is C22H25ClN4O5S. The van der Waals surface area contributed by atoms with E-state index in [1.807, 2.05) is 11.6 Å². The number of unbranched alkanes of at least 4 members (excludes halogenated alkanes) is 1. The summed E-state index contributed by atoms with van der Waals surface area (Å²) in [6, 6.07) is 9.71. The number of halogens is 1. The van der Waals surface area contributed by atoms with Crippen LogP contribution in [0.2, 0.25) is 5.02 Å². The van der Waals surface area contributed by atoms with Gasteiger partial charge in [0.25, 0.3) is 15.9 Å². The molecule has 1 aliphatic rings. The number of carbonyl (C=O) groups is 3. The molecule has 0 aliphatic carbocycles. The second-order valence-corrected chi connectivity index (χ2v) is 9.88. The fourth-order valence-electron chi connectivity index (χ4n) is 3.53. The van der Waals surface area contributed by atoms with Crippen LogP contribution < -0.4 is 20.3 Å². The first kappa shape index (κ1) is 24.5. The summed E-state index contributed by atoms with van der Waals surface area (Å²) in [5.41, 5.74) is -0.176. The van der Waals surface area contributed by atoms with E-state index < -0.39 is 21.6 Å². The Morgan fingerprint density at radius 1 is 1.27 bits per heavy atom. The van der Waals surface area contributed by atoms with E-state index in [9.17, 15) is 22.8 Å². The number of nitrogens with one attached hydrogen (secondary N) is 3. The molecule has 0 aromatic heterocycles. The summed E-state index contributed by atoms with van der Waals surface area (Å²) in [6.45, 7) is 3.95. The van der Waals surface area contributed by atoms with Crippen molar-refractivity contribution in [1.82, 2.24) is 15.4 Å². The number of hydrogen-bond donors (Lipinski definition) is 3. The van der Waals surface area contributed by atoms with Gasteiger partial charge in [0.2, 0.25) is 0 Å². The first-order valence-corrected chi connectivity index (χ1v) is 12.2. The van der Waals surface area contributed by atoms with Gasteiger partial charge in [-0.1, -0.05) is 37.1 Å². The maximum Gasteiger partial charge on any atom is 0.328 e. The van der Waals surface area contributed by atoms with Gasteiger partial charge >= 0.3 is 6.03 Å². The Labute approximate surface area is 197 Å². The smallest absolute Gasteiger partial charge is 0.328 e. The molecule has 0 radical (unpaired) electrons. The average molecular weight is 493 g/mol. The monoisotopic (exact) mass is 492 g/mol. The number of sulfonamides is 1. The van der Waals surface area contributed by atoms with Crippen LogP contribution in [-0.2, 0) is 20.4 Å². The van der Waals surface area contributed by atoms with Crippen LogP contribution >= 0.6 is 11.6 Å². The van der Waals surface area contributed by atoms with Gasteiger partial charge in [-0.3, -0.25) is 4.79 Å². The molecule has 0 bridgehead atoms. The van der Waals surface area contributed by atoms with E-state index in [2.05, 4.69) is 10.6 Å². The van der Waals surface area contributed by atoms with Crippen LogP contribution in [0.3, 0.4) is 0 Å². The number of benzene rings is 2. The second-order valence-electron chi connectivity index (χ2n) is 7.76. The summed E-state index contributed by atoms with van der Waals surface area (Å²) in [5.74, 6) is -0.327. The van der Waals surface area contributed by atoms with Gasteiger partial charge in [0.15, 0.2) is 0 Å². The van der Waals surface area contributed by atoms with Gasteiger partial charge in [0.05, 0.1) is 22.8 Å². The van der Waals surface area contributed by atoms with Gasteiger partial charge < -0.3 is 20.3 Å². The van der Waals surface area contributed by atoms with Crippen molar-refractivity contribution in [1.29, 1.82) is 0 Å². The molecular weight excluding hydrogens is 468 g/mol. The Morgan fingerprint density at radius 3 is 2.73 bits per heavy atom. The predicted molar refractivity (Wildman–Crippen MR) is 125 cm³/mol. The maximum atomic E-state index is 12.8. The first-order chi connectivity index (χ1) is 15.6. The van der Waals surface area contributed by atoms with Gasteiger partial charge in [-0.15, -0.1) is 0 Å². The molecule has 1 heterocycles. The third-order valence-electron chi connectivity index (χ3n) is 5.45. The fraction of sp³-hybridized carbons (Fsp3) is 0.318. The molecule has 33 heavy (non-hydrogen) atoms. The van der Waals surface area contributed by atoms with E-state index in [4.69, 9.17) is 11.6 Å². The Balaban J connectivity index is 1.95. The molecule has 1 aliphatic heterocycles. The van der Waals surface area contributed by atoms with E-state index >= 15 is 0 Å². The van der Waals surface area contributed by atoms with Crippen molar-refractivity contribution in [3.8, 4) is 0 Å². The lowest BCUT2D eigenvalue weighted by molar-refractivity contribution is -0.112. The van der Waals surface area contributed by atoms with Crippen LogP contribution in [0.4, 0.5) is 10.5 Å². The van der Waals surface area contributed by atoms with E-state index in [0.717, 1.165) is 12.8 Å². The van der Waals surface area contributed by atoms with Gasteiger partial charge in [0.1, 0.15) is 11.8 Å². The zero-order valence-corrected chi connectivity index (χ0v) is 19.8. The van der Waals surface area contributed by atoms with Crippen molar-refractivity contribution in [2.24, 2.45) is 0 Å². The number of aldehydes is 1. The lowest BCUT2D eigenvalue weighted by Gasteiger charge is -2.42. The minimum atomic E-state index is -4.18. The summed E-state index contributed by atoms with van der Waals surface area (Å²) >= 11 is 6.03. The van der Waals surface area contributed by atoms with Gasteiger partial charge in [-0.05, 0) is 49.2 Å². The Bertz CT molecular complexity index is 1190. The number of urea groups is 1. The molecule has 3 N–H and O–H groups in total. The quantitative estimate of drug-likeness (QED) is 0.384. The topological polar surface area (TPSA) is 125 Å². The number of carbonyl (C=O) groups excluding carboxylic acids is 3. The van der Waals surface area contributed by atoms with Gasteiger partial charge in [-0.25, -0.2) is 17.9 Å². The summed E-state index contributed by atoms with van der Waals surface area (Å²) in [4.78, 5) is 38.1. The van der Waals surface area contributed by atoms with Crippen LogP contribution in [0.5, 0.6) is 0 Å². The standard InChI is InChI=1S/C22H25ClN4O5S/c1-3-4-10-24-21(30)26-33(31,32)17-7-5-6-15(11-17)22(2,13-28)27-14-25-20(29)18-12-16(23)8-9-19(18)27/h5-9,11-13H,3-4,10,14H2,1-2H3,(H,25,29)(H2,24,26,30). The normalized spacial score (nSPS) is 15.1. The van der Waals surface area contributed by atoms with Crippen LogP contribution in [0, 0.1) is 0 Å². The molecule has 3 amide bonds. The molecule has 176 valence electrons. The molecule has 11 heteroatoms. The van der Waals surface area contributed by atoms with Crippen LogP contribution in [0.25, 0.3) is 0 Å². The van der Waals surface area contributed by atoms with E-state index in [1.165, 1.54) is 24.3 Å². The minimum Gasteiger partial charge on any atom is -0.337 e. The first-order valence-electron chi connectivity index (χ1n) is 10.4. The molecule has 0 spiro atoms. The largest absolute Gasteiger partial charge is 0.337 e. The van der Waals surface area contributed by atoms with Gasteiger partial charge in [0, 0.05) is 11.6 Å². The number of nitrogens with zero attached hydrogens (tertiary/aromatic N) is 1. The summed E-state index contributed by atoms with van der Waals surface area (Å²) in [6.07, 6.45) is 2.25. The highest BCUT2D eigenvalue weighted by Gasteiger charge is 2.39. The van der Waals surface area contributed by atoms with Crippen molar-refractivity contribution in [2.45, 2.75) is 37.1 Å². The van der Waals surface area contributed by atoms with Crippen molar-refractivity contribution >= 4 is 45.5 Å². The molecule has 3 rings (SSSR count). The fourth-order valence-corrected chi connectivity index (χ4v) is 4.68. The Kier molecular flexibility index (Phi) is 7.28. The number of amides is 3. The average Bonchev–Trinajstić information content (AvgIpc) is 2.79.